The lowest BCUT2D eigenvalue weighted by Crippen LogP contribution is -2.62. The molecule has 4 saturated heterocycles. The van der Waals surface area contributed by atoms with E-state index in [0.717, 1.165) is 115 Å². The van der Waals surface area contributed by atoms with Crippen molar-refractivity contribution in [2.24, 2.45) is 5.73 Å². The summed E-state index contributed by atoms with van der Waals surface area (Å²) in [5, 5.41) is 11.9. The molecule has 13 heteroatoms. The summed E-state index contributed by atoms with van der Waals surface area (Å²) >= 11 is 0. The minimum absolute atomic E-state index is 0.00605. The van der Waals surface area contributed by atoms with E-state index in [-0.39, 0.29) is 22.5 Å². The van der Waals surface area contributed by atoms with Gasteiger partial charge in [0.05, 0.1) is 5.56 Å². The molecule has 0 unspecified atom stereocenters. The lowest BCUT2D eigenvalue weighted by molar-refractivity contribution is -0.0430. The first-order chi connectivity index (χ1) is 30.7. The Hall–Kier alpha value is -4.86. The first-order valence-corrected chi connectivity index (χ1v) is 22.4. The Bertz CT molecular complexity index is 1930. The summed E-state index contributed by atoms with van der Waals surface area (Å²) in [5.74, 6) is 0.465. The normalized spacial score (nSPS) is 19.3. The summed E-state index contributed by atoms with van der Waals surface area (Å²) in [5.41, 5.74) is 9.34. The Balaban J connectivity index is 0.000000174. The molecular formula is C50H68N6O7. The van der Waals surface area contributed by atoms with Crippen LogP contribution in [-0.4, -0.2) is 154 Å². The van der Waals surface area contributed by atoms with Gasteiger partial charge < -0.3 is 44.9 Å². The number of piperazine rings is 2. The van der Waals surface area contributed by atoms with E-state index < -0.39 is 5.97 Å². The predicted molar refractivity (Wildman–Crippen MR) is 246 cm³/mol. The number of hydrogen-bond donors (Lipinski definition) is 3. The molecule has 8 rings (SSSR count). The van der Waals surface area contributed by atoms with Crippen LogP contribution in [0.2, 0.25) is 0 Å². The Morgan fingerprint density at radius 2 is 0.984 bits per heavy atom. The number of carboxylic acid groups (broad SMARTS) is 1. The van der Waals surface area contributed by atoms with Crippen molar-refractivity contribution in [1.82, 2.24) is 24.9 Å². The monoisotopic (exact) mass is 865 g/mol. The van der Waals surface area contributed by atoms with E-state index in [1.54, 1.807) is 12.1 Å². The van der Waals surface area contributed by atoms with Gasteiger partial charge in [0.1, 0.15) is 24.7 Å². The molecule has 4 aliphatic heterocycles. The number of nitrogens with two attached hydrogens (primary N) is 1. The molecular weight excluding hydrogens is 797 g/mol. The van der Waals surface area contributed by atoms with Crippen LogP contribution in [0.1, 0.15) is 57.5 Å². The standard InChI is InChI=1S/C25H33N3O3.C14H12O3.C11H23N3O/c1-27-13-15-28(16-14-27)25(11-17-30-18-12-25)20-26-24(29)22-7-9-23(10-8-22)31-19-21-5-3-2-4-6-21;15-14(16)12-6-8-13(9-7-12)17-10-11-4-2-1-3-5-11;1-13-4-6-14(7-5-13)11(10-12)2-8-15-9-3-11/h2-10H,11-20H2,1H3,(H,26,29);1-9H,10H2,(H,15,16);2-10,12H2,1H3. The van der Waals surface area contributed by atoms with E-state index in [0.29, 0.717) is 31.1 Å². The molecule has 0 aliphatic carbocycles. The number of rotatable bonds is 13. The topological polar surface area (TPSA) is 142 Å². The first-order valence-electron chi connectivity index (χ1n) is 22.4. The maximum atomic E-state index is 12.8. The number of carbonyl (C=O) groups excluding carboxylic acids is 1. The highest BCUT2D eigenvalue weighted by atomic mass is 16.5. The van der Waals surface area contributed by atoms with Crippen LogP contribution in [0, 0.1) is 0 Å². The number of carboxylic acids is 1. The SMILES string of the molecule is CN1CCN(C2(CN)CCOCC2)CC1.CN1CCN(C2(CNC(=O)c3ccc(OCc4ccccc4)cc3)CCOCC2)CC1.O=C(O)c1ccc(OCc2ccccc2)cc1. The van der Waals surface area contributed by atoms with Crippen LogP contribution < -0.4 is 20.5 Å². The summed E-state index contributed by atoms with van der Waals surface area (Å²) in [6.07, 6.45) is 4.13. The van der Waals surface area contributed by atoms with E-state index in [4.69, 9.17) is 29.8 Å². The average Bonchev–Trinajstić information content (AvgIpc) is 3.34. The number of hydrogen-bond acceptors (Lipinski definition) is 11. The minimum atomic E-state index is -0.931. The molecule has 63 heavy (non-hydrogen) atoms. The summed E-state index contributed by atoms with van der Waals surface area (Å²) in [6.45, 7) is 14.6. The second kappa shape index (κ2) is 24.3. The number of aromatic carboxylic acids is 1. The first kappa shape index (κ1) is 47.6. The third kappa shape index (κ3) is 14.3. The molecule has 0 bridgehead atoms. The van der Waals surface area contributed by atoms with E-state index in [1.165, 1.54) is 25.2 Å². The van der Waals surface area contributed by atoms with Crippen LogP contribution in [0.3, 0.4) is 0 Å². The number of nitrogens with one attached hydrogen (secondary N) is 1. The average molecular weight is 865 g/mol. The number of likely N-dealkylation sites (N-methyl/N-ethyl adjacent to an activating group) is 2. The van der Waals surface area contributed by atoms with Gasteiger partial charge in [0.25, 0.3) is 5.91 Å². The number of carbonyl (C=O) groups is 2. The molecule has 13 nitrogen and oxygen atoms in total. The maximum absolute atomic E-state index is 12.8. The summed E-state index contributed by atoms with van der Waals surface area (Å²) in [7, 11) is 4.36. The molecule has 0 aromatic heterocycles. The molecule has 0 radical (unpaired) electrons. The largest absolute Gasteiger partial charge is 0.489 e. The zero-order valence-corrected chi connectivity index (χ0v) is 37.3. The van der Waals surface area contributed by atoms with Gasteiger partial charge in [0.15, 0.2) is 0 Å². The number of nitrogens with zero attached hydrogens (tertiary/aromatic N) is 4. The van der Waals surface area contributed by atoms with Crippen molar-refractivity contribution < 1.29 is 33.6 Å². The summed E-state index contributed by atoms with van der Waals surface area (Å²) < 4.78 is 22.4. The fourth-order valence-corrected chi connectivity index (χ4v) is 8.54. The Kier molecular flexibility index (Phi) is 18.3. The molecule has 4 heterocycles. The van der Waals surface area contributed by atoms with Gasteiger partial charge in [-0.15, -0.1) is 0 Å². The predicted octanol–water partition coefficient (Wildman–Crippen LogP) is 5.50. The Morgan fingerprint density at radius 3 is 1.40 bits per heavy atom. The quantitative estimate of drug-likeness (QED) is 0.156. The highest BCUT2D eigenvalue weighted by Gasteiger charge is 2.40. The molecule has 0 atom stereocenters. The van der Waals surface area contributed by atoms with Gasteiger partial charge in [0.2, 0.25) is 0 Å². The molecule has 0 spiro atoms. The second-order valence-electron chi connectivity index (χ2n) is 17.0. The van der Waals surface area contributed by atoms with Crippen LogP contribution >= 0.6 is 0 Å². The van der Waals surface area contributed by atoms with Gasteiger partial charge in [0, 0.05) is 109 Å². The van der Waals surface area contributed by atoms with E-state index >= 15 is 0 Å². The fraction of sp³-hybridized carbons (Fsp3) is 0.480. The lowest BCUT2D eigenvalue weighted by atomic mass is 9.87. The molecule has 4 fully saturated rings. The summed E-state index contributed by atoms with van der Waals surface area (Å²) in [4.78, 5) is 33.4. The molecule has 4 aromatic carbocycles. The Labute approximate surface area is 374 Å². The van der Waals surface area contributed by atoms with Crippen LogP contribution in [0.5, 0.6) is 11.5 Å². The van der Waals surface area contributed by atoms with Gasteiger partial charge in [-0.25, -0.2) is 4.79 Å². The van der Waals surface area contributed by atoms with Crippen molar-refractivity contribution >= 4 is 11.9 Å². The molecule has 4 N–H and O–H groups in total. The maximum Gasteiger partial charge on any atom is 0.335 e. The third-order valence-electron chi connectivity index (χ3n) is 12.9. The molecule has 0 saturated carbocycles. The van der Waals surface area contributed by atoms with Gasteiger partial charge >= 0.3 is 5.97 Å². The van der Waals surface area contributed by atoms with Gasteiger partial charge in [-0.1, -0.05) is 60.7 Å². The minimum Gasteiger partial charge on any atom is -0.489 e. The second-order valence-corrected chi connectivity index (χ2v) is 17.0. The van der Waals surface area contributed by atoms with Crippen molar-refractivity contribution in [3.8, 4) is 11.5 Å². The van der Waals surface area contributed by atoms with Crippen molar-refractivity contribution in [2.75, 3.05) is 106 Å². The van der Waals surface area contributed by atoms with E-state index in [1.807, 2.05) is 84.9 Å². The van der Waals surface area contributed by atoms with Crippen LogP contribution in [-0.2, 0) is 22.7 Å². The van der Waals surface area contributed by atoms with Crippen molar-refractivity contribution in [1.29, 1.82) is 0 Å². The molecule has 1 amide bonds. The zero-order chi connectivity index (χ0) is 44.3. The highest BCUT2D eigenvalue weighted by molar-refractivity contribution is 5.94. The number of benzene rings is 4. The highest BCUT2D eigenvalue weighted by Crippen LogP contribution is 2.30. The van der Waals surface area contributed by atoms with Crippen LogP contribution in [0.15, 0.2) is 109 Å². The van der Waals surface area contributed by atoms with Crippen molar-refractivity contribution in [3.63, 3.8) is 0 Å². The van der Waals surface area contributed by atoms with Crippen molar-refractivity contribution in [3.05, 3.63) is 131 Å². The van der Waals surface area contributed by atoms with Crippen LogP contribution in [0.4, 0.5) is 0 Å². The smallest absolute Gasteiger partial charge is 0.335 e. The van der Waals surface area contributed by atoms with Gasteiger partial charge in [-0.2, -0.15) is 0 Å². The van der Waals surface area contributed by atoms with Gasteiger partial charge in [-0.3, -0.25) is 14.6 Å². The lowest BCUT2D eigenvalue weighted by Gasteiger charge is -2.49. The molecule has 4 aliphatic rings. The van der Waals surface area contributed by atoms with Crippen molar-refractivity contribution in [2.45, 2.75) is 50.0 Å². The molecule has 340 valence electrons. The van der Waals surface area contributed by atoms with E-state index in [2.05, 4.69) is 39.0 Å². The van der Waals surface area contributed by atoms with Crippen LogP contribution in [0.25, 0.3) is 0 Å². The molecule has 4 aromatic rings. The zero-order valence-electron chi connectivity index (χ0n) is 37.3. The number of ether oxygens (including phenoxy) is 4. The number of amides is 1. The summed E-state index contributed by atoms with van der Waals surface area (Å²) in [6, 6.07) is 33.6. The van der Waals surface area contributed by atoms with Gasteiger partial charge in [-0.05, 0) is 99.4 Å². The van der Waals surface area contributed by atoms with E-state index in [9.17, 15) is 9.59 Å². The Morgan fingerprint density at radius 1 is 0.587 bits per heavy atom. The fourth-order valence-electron chi connectivity index (χ4n) is 8.54. The third-order valence-corrected chi connectivity index (χ3v) is 12.9.